The number of ether oxygens (including phenoxy) is 2. The Morgan fingerprint density at radius 2 is 1.79 bits per heavy atom. The zero-order valence-corrected chi connectivity index (χ0v) is 16.1. The van der Waals surface area contributed by atoms with E-state index in [1.54, 1.807) is 38.3 Å². The lowest BCUT2D eigenvalue weighted by Crippen LogP contribution is -2.30. The summed E-state index contributed by atoms with van der Waals surface area (Å²) in [7, 11) is 1.55. The van der Waals surface area contributed by atoms with Gasteiger partial charge in [0.25, 0.3) is 5.91 Å². The quantitative estimate of drug-likeness (QED) is 0.508. The first-order chi connectivity index (χ1) is 14.1. The van der Waals surface area contributed by atoms with Crippen molar-refractivity contribution in [2.45, 2.75) is 13.0 Å². The Balaban J connectivity index is 1.57. The van der Waals surface area contributed by atoms with Gasteiger partial charge in [-0.1, -0.05) is 30.3 Å². The van der Waals surface area contributed by atoms with Crippen molar-refractivity contribution in [2.75, 3.05) is 12.4 Å². The molecule has 0 radical (unpaired) electrons. The average molecular weight is 388 g/mol. The Kier molecular flexibility index (Phi) is 5.16. The highest BCUT2D eigenvalue weighted by molar-refractivity contribution is 5.96. The fraction of sp³-hybridized carbons (Fsp3) is 0.130. The van der Waals surface area contributed by atoms with Crippen molar-refractivity contribution in [3.8, 4) is 23.0 Å². The van der Waals surface area contributed by atoms with Gasteiger partial charge in [-0.05, 0) is 49.4 Å². The van der Waals surface area contributed by atoms with Crippen LogP contribution in [0.1, 0.15) is 6.92 Å². The number of nitrogens with one attached hydrogen (secondary N) is 1. The lowest BCUT2D eigenvalue weighted by molar-refractivity contribution is -0.122. The van der Waals surface area contributed by atoms with Gasteiger partial charge >= 0.3 is 0 Å². The number of fused-ring (bicyclic) bond motifs is 1. The second-order valence-electron chi connectivity index (χ2n) is 6.46. The van der Waals surface area contributed by atoms with Crippen molar-refractivity contribution in [1.29, 1.82) is 0 Å². The van der Waals surface area contributed by atoms with E-state index in [9.17, 15) is 4.79 Å². The number of methoxy groups -OCH3 is 1. The molecular weight excluding hydrogens is 368 g/mol. The average Bonchev–Trinajstić information content (AvgIpc) is 3.18. The zero-order chi connectivity index (χ0) is 20.2. The van der Waals surface area contributed by atoms with Crippen LogP contribution in [0.2, 0.25) is 0 Å². The highest BCUT2D eigenvalue weighted by Gasteiger charge is 2.18. The topological polar surface area (TPSA) is 73.6 Å². The molecule has 0 fully saturated rings. The molecule has 0 aliphatic heterocycles. The summed E-state index contributed by atoms with van der Waals surface area (Å²) in [6, 6.07) is 22.1. The van der Waals surface area contributed by atoms with Crippen LogP contribution in [0.25, 0.3) is 22.6 Å². The maximum absolute atomic E-state index is 12.6. The highest BCUT2D eigenvalue weighted by atomic mass is 16.5. The van der Waals surface area contributed by atoms with Crippen molar-refractivity contribution < 1.29 is 18.7 Å². The number of carbonyl (C=O) groups excluding carboxylic acids is 1. The fourth-order valence-corrected chi connectivity index (χ4v) is 2.93. The van der Waals surface area contributed by atoms with E-state index in [2.05, 4.69) is 10.3 Å². The first kappa shape index (κ1) is 18.6. The number of hydrogen-bond donors (Lipinski definition) is 1. The molecule has 0 aliphatic rings. The maximum Gasteiger partial charge on any atom is 0.265 e. The van der Waals surface area contributed by atoms with Gasteiger partial charge in [0, 0.05) is 5.56 Å². The van der Waals surface area contributed by atoms with E-state index in [0.717, 1.165) is 11.1 Å². The van der Waals surface area contributed by atoms with Crippen LogP contribution >= 0.6 is 0 Å². The minimum absolute atomic E-state index is 0.290. The van der Waals surface area contributed by atoms with Crippen LogP contribution in [0.3, 0.4) is 0 Å². The fourth-order valence-electron chi connectivity index (χ4n) is 2.93. The molecule has 1 aromatic heterocycles. The number of nitrogens with zero attached hydrogens (tertiary/aromatic N) is 1. The van der Waals surface area contributed by atoms with Crippen molar-refractivity contribution in [2.24, 2.45) is 0 Å². The molecule has 146 valence electrons. The Hall–Kier alpha value is -3.80. The summed E-state index contributed by atoms with van der Waals surface area (Å²) in [5.74, 6) is 1.34. The van der Waals surface area contributed by atoms with Crippen molar-refractivity contribution in [3.63, 3.8) is 0 Å². The van der Waals surface area contributed by atoms with Crippen LogP contribution in [-0.2, 0) is 4.79 Å². The largest absolute Gasteiger partial charge is 0.495 e. The predicted molar refractivity (Wildman–Crippen MR) is 111 cm³/mol. The molecule has 4 aromatic rings. The summed E-state index contributed by atoms with van der Waals surface area (Å²) in [5.41, 5.74) is 2.72. The molecule has 0 saturated heterocycles. The first-order valence-electron chi connectivity index (χ1n) is 9.20. The Bertz CT molecular complexity index is 1110. The molecule has 0 bridgehead atoms. The van der Waals surface area contributed by atoms with E-state index < -0.39 is 6.10 Å². The van der Waals surface area contributed by atoms with E-state index in [0.29, 0.717) is 28.7 Å². The SMILES string of the molecule is COc1ccc(-c2nc3ccccc3o2)cc1NC(=O)C(C)Oc1ccccc1. The molecule has 1 N–H and O–H groups in total. The van der Waals surface area contributed by atoms with Gasteiger partial charge in [-0.2, -0.15) is 0 Å². The summed E-state index contributed by atoms with van der Waals surface area (Å²) in [6.45, 7) is 1.69. The van der Waals surface area contributed by atoms with Gasteiger partial charge in [-0.15, -0.1) is 0 Å². The smallest absolute Gasteiger partial charge is 0.265 e. The minimum Gasteiger partial charge on any atom is -0.495 e. The molecular formula is C23H20N2O4. The van der Waals surface area contributed by atoms with Crippen LogP contribution in [0.15, 0.2) is 77.2 Å². The molecule has 0 saturated carbocycles. The number of oxazole rings is 1. The number of aromatic nitrogens is 1. The number of carbonyl (C=O) groups is 1. The van der Waals surface area contributed by atoms with E-state index in [1.807, 2.05) is 48.5 Å². The second kappa shape index (κ2) is 8.06. The number of hydrogen-bond acceptors (Lipinski definition) is 5. The summed E-state index contributed by atoms with van der Waals surface area (Å²) in [5, 5.41) is 2.87. The lowest BCUT2D eigenvalue weighted by atomic mass is 10.1. The molecule has 1 atom stereocenters. The molecule has 6 heteroatoms. The highest BCUT2D eigenvalue weighted by Crippen LogP contribution is 2.32. The van der Waals surface area contributed by atoms with Crippen LogP contribution in [0.5, 0.6) is 11.5 Å². The van der Waals surface area contributed by atoms with Crippen molar-refractivity contribution in [3.05, 3.63) is 72.8 Å². The van der Waals surface area contributed by atoms with Crippen LogP contribution in [0, 0.1) is 0 Å². The van der Waals surface area contributed by atoms with Crippen LogP contribution in [0.4, 0.5) is 5.69 Å². The van der Waals surface area contributed by atoms with Gasteiger partial charge < -0.3 is 19.2 Å². The van der Waals surface area contributed by atoms with Gasteiger partial charge in [0.05, 0.1) is 12.8 Å². The predicted octanol–water partition coefficient (Wildman–Crippen LogP) is 4.91. The molecule has 6 nitrogen and oxygen atoms in total. The van der Waals surface area contributed by atoms with E-state index >= 15 is 0 Å². The van der Waals surface area contributed by atoms with Gasteiger partial charge in [-0.3, -0.25) is 4.79 Å². The molecule has 0 spiro atoms. The molecule has 3 aromatic carbocycles. The third kappa shape index (κ3) is 4.06. The molecule has 29 heavy (non-hydrogen) atoms. The second-order valence-corrected chi connectivity index (χ2v) is 6.46. The summed E-state index contributed by atoms with van der Waals surface area (Å²) < 4.78 is 16.9. The van der Waals surface area contributed by atoms with E-state index in [-0.39, 0.29) is 5.91 Å². The van der Waals surface area contributed by atoms with Crippen molar-refractivity contribution in [1.82, 2.24) is 4.98 Å². The normalized spacial score (nSPS) is 11.8. The van der Waals surface area contributed by atoms with Gasteiger partial charge in [0.2, 0.25) is 5.89 Å². The zero-order valence-electron chi connectivity index (χ0n) is 16.1. The first-order valence-corrected chi connectivity index (χ1v) is 9.20. The van der Waals surface area contributed by atoms with Crippen molar-refractivity contribution >= 4 is 22.7 Å². The third-order valence-electron chi connectivity index (χ3n) is 4.42. The molecule has 1 heterocycles. The minimum atomic E-state index is -0.685. The maximum atomic E-state index is 12.6. The third-order valence-corrected chi connectivity index (χ3v) is 4.42. The number of rotatable bonds is 6. The molecule has 0 aliphatic carbocycles. The van der Waals surface area contributed by atoms with Gasteiger partial charge in [0.15, 0.2) is 11.7 Å². The lowest BCUT2D eigenvalue weighted by Gasteiger charge is -2.16. The standard InChI is InChI=1S/C23H20N2O4/c1-15(28-17-8-4-3-5-9-17)22(26)24-19-14-16(12-13-20(19)27-2)23-25-18-10-6-7-11-21(18)29-23/h3-15H,1-2H3,(H,24,26). The monoisotopic (exact) mass is 388 g/mol. The van der Waals surface area contributed by atoms with Gasteiger partial charge in [0.1, 0.15) is 17.0 Å². The number of anilines is 1. The summed E-state index contributed by atoms with van der Waals surface area (Å²) in [6.07, 6.45) is -0.685. The van der Waals surface area contributed by atoms with Gasteiger partial charge in [-0.25, -0.2) is 4.98 Å². The van der Waals surface area contributed by atoms with E-state index in [4.69, 9.17) is 13.9 Å². The number of benzene rings is 3. The van der Waals surface area contributed by atoms with E-state index in [1.165, 1.54) is 0 Å². The Labute approximate surface area is 168 Å². The molecule has 1 unspecified atom stereocenters. The Morgan fingerprint density at radius 3 is 2.55 bits per heavy atom. The number of amides is 1. The Morgan fingerprint density at radius 1 is 1.03 bits per heavy atom. The van der Waals surface area contributed by atoms with Crippen LogP contribution in [-0.4, -0.2) is 24.1 Å². The molecule has 4 rings (SSSR count). The number of para-hydroxylation sites is 3. The molecule has 1 amide bonds. The summed E-state index contributed by atoms with van der Waals surface area (Å²) >= 11 is 0. The summed E-state index contributed by atoms with van der Waals surface area (Å²) in [4.78, 5) is 17.1. The van der Waals surface area contributed by atoms with Crippen LogP contribution < -0.4 is 14.8 Å².